The number of rotatable bonds is 7. The highest BCUT2D eigenvalue weighted by atomic mass is 35.5. The highest BCUT2D eigenvalue weighted by molar-refractivity contribution is 7.90. The van der Waals surface area contributed by atoms with E-state index in [0.717, 1.165) is 16.5 Å². The van der Waals surface area contributed by atoms with Crippen molar-refractivity contribution in [1.82, 2.24) is 8.54 Å². The molecule has 4 rings (SSSR count). The Morgan fingerprint density at radius 2 is 1.62 bits per heavy atom. The second-order valence-electron chi connectivity index (χ2n) is 7.31. The van der Waals surface area contributed by atoms with Gasteiger partial charge in [-0.05, 0) is 31.2 Å². The van der Waals surface area contributed by atoms with E-state index in [2.05, 4.69) is 0 Å². The summed E-state index contributed by atoms with van der Waals surface area (Å²) in [7, 11) is -0.749. The molecule has 9 heteroatoms. The topological polar surface area (TPSA) is 62.5 Å². The molecule has 0 unspecified atom stereocenters. The minimum Gasteiger partial charge on any atom is -0.493 e. The van der Waals surface area contributed by atoms with E-state index in [1.54, 1.807) is 44.6 Å². The number of benzene rings is 2. The van der Waals surface area contributed by atoms with E-state index in [9.17, 15) is 8.42 Å². The number of hydrogen-bond donors (Lipinski definition) is 0. The number of aryl methyl sites for hydroxylation is 2. The highest BCUT2D eigenvalue weighted by Gasteiger charge is 2.24. The number of fused-ring (bicyclic) bond motifs is 1. The Morgan fingerprint density at radius 3 is 2.25 bits per heavy atom. The lowest BCUT2D eigenvalue weighted by molar-refractivity contribution is 0.355. The van der Waals surface area contributed by atoms with Gasteiger partial charge >= 0.3 is 0 Å². The maximum atomic E-state index is 13.5. The first-order valence-electron chi connectivity index (χ1n) is 9.81. The molecule has 32 heavy (non-hydrogen) atoms. The third kappa shape index (κ3) is 3.85. The first-order chi connectivity index (χ1) is 15.3. The number of ether oxygens (including phenoxy) is 2. The minimum absolute atomic E-state index is 0.181. The lowest BCUT2D eigenvalue weighted by atomic mass is 10.1. The van der Waals surface area contributed by atoms with Crippen LogP contribution in [0.4, 0.5) is 0 Å². The van der Waals surface area contributed by atoms with Gasteiger partial charge in [-0.2, -0.15) is 0 Å². The van der Waals surface area contributed by atoms with Crippen molar-refractivity contribution in [2.75, 3.05) is 20.1 Å². The molecule has 0 aliphatic heterocycles. The maximum absolute atomic E-state index is 13.5. The third-order valence-corrected chi connectivity index (χ3v) is 7.38. The van der Waals surface area contributed by atoms with Crippen LogP contribution in [0.15, 0.2) is 59.8 Å². The zero-order chi connectivity index (χ0) is 23.0. The quantitative estimate of drug-likeness (QED) is 0.316. The molecule has 168 valence electrons. The monoisotopic (exact) mass is 492 g/mol. The zero-order valence-electron chi connectivity index (χ0n) is 17.8. The fraction of sp³-hybridized carbons (Fsp3) is 0.217. The van der Waals surface area contributed by atoms with Crippen molar-refractivity contribution < 1.29 is 17.9 Å². The van der Waals surface area contributed by atoms with Gasteiger partial charge in [-0.25, -0.2) is 12.4 Å². The van der Waals surface area contributed by atoms with Gasteiger partial charge in [0.15, 0.2) is 11.5 Å². The predicted molar refractivity (Wildman–Crippen MR) is 128 cm³/mol. The molecular weight excluding hydrogens is 471 g/mol. The van der Waals surface area contributed by atoms with Crippen molar-refractivity contribution in [2.24, 2.45) is 0 Å². The number of aromatic nitrogens is 2. The number of alkyl halides is 1. The molecule has 0 atom stereocenters. The number of nitrogens with zero attached hydrogens (tertiary/aromatic N) is 2. The molecule has 0 spiro atoms. The Kier molecular flexibility index (Phi) is 6.16. The van der Waals surface area contributed by atoms with Crippen molar-refractivity contribution >= 4 is 44.1 Å². The number of methoxy groups -OCH3 is 2. The molecule has 0 saturated heterocycles. The van der Waals surface area contributed by atoms with Gasteiger partial charge in [-0.15, -0.1) is 11.6 Å². The summed E-state index contributed by atoms with van der Waals surface area (Å²) in [5.74, 6) is 1.50. The van der Waals surface area contributed by atoms with E-state index in [-0.39, 0.29) is 4.90 Å². The predicted octanol–water partition coefficient (Wildman–Crippen LogP) is 5.56. The molecule has 0 radical (unpaired) electrons. The van der Waals surface area contributed by atoms with Crippen LogP contribution in [0.3, 0.4) is 0 Å². The van der Waals surface area contributed by atoms with Crippen molar-refractivity contribution in [3.05, 3.63) is 65.4 Å². The van der Waals surface area contributed by atoms with Crippen LogP contribution >= 0.6 is 23.2 Å². The average Bonchev–Trinajstić information content (AvgIpc) is 3.34. The van der Waals surface area contributed by atoms with Crippen LogP contribution in [-0.2, 0) is 16.6 Å². The van der Waals surface area contributed by atoms with Gasteiger partial charge in [-0.3, -0.25) is 0 Å². The summed E-state index contributed by atoms with van der Waals surface area (Å²) < 4.78 is 41.1. The maximum Gasteiger partial charge on any atom is 0.268 e. The van der Waals surface area contributed by atoms with E-state index in [4.69, 9.17) is 32.7 Å². The Morgan fingerprint density at radius 1 is 0.969 bits per heavy atom. The van der Waals surface area contributed by atoms with Crippen molar-refractivity contribution in [3.63, 3.8) is 0 Å². The van der Waals surface area contributed by atoms with Crippen LogP contribution in [-0.4, -0.2) is 37.1 Å². The Hall–Kier alpha value is -2.61. The third-order valence-electron chi connectivity index (χ3n) is 5.32. The van der Waals surface area contributed by atoms with E-state index < -0.39 is 10.0 Å². The summed E-state index contributed by atoms with van der Waals surface area (Å²) in [6.45, 7) is 2.44. The smallest absolute Gasteiger partial charge is 0.268 e. The fourth-order valence-electron chi connectivity index (χ4n) is 3.73. The highest BCUT2D eigenvalue weighted by Crippen LogP contribution is 2.40. The summed E-state index contributed by atoms with van der Waals surface area (Å²) >= 11 is 12.3. The molecule has 4 aromatic rings. The van der Waals surface area contributed by atoms with Gasteiger partial charge in [-0.1, -0.05) is 29.3 Å². The van der Waals surface area contributed by atoms with E-state index in [1.165, 1.54) is 10.2 Å². The van der Waals surface area contributed by atoms with Gasteiger partial charge in [0.1, 0.15) is 0 Å². The molecule has 0 bridgehead atoms. The number of halogens is 2. The van der Waals surface area contributed by atoms with Gasteiger partial charge in [0, 0.05) is 41.8 Å². The molecule has 0 amide bonds. The summed E-state index contributed by atoms with van der Waals surface area (Å²) in [5.41, 5.74) is 2.95. The van der Waals surface area contributed by atoms with Crippen LogP contribution in [0.5, 0.6) is 11.5 Å². The van der Waals surface area contributed by atoms with E-state index >= 15 is 0 Å². The van der Waals surface area contributed by atoms with Gasteiger partial charge in [0.05, 0.1) is 35.3 Å². The van der Waals surface area contributed by atoms with Crippen LogP contribution in [0.1, 0.15) is 5.56 Å². The molecule has 0 aliphatic carbocycles. The van der Waals surface area contributed by atoms with Crippen molar-refractivity contribution in [3.8, 4) is 22.8 Å². The first-order valence-corrected chi connectivity index (χ1v) is 12.2. The van der Waals surface area contributed by atoms with Gasteiger partial charge in [0.2, 0.25) is 0 Å². The largest absolute Gasteiger partial charge is 0.493 e. The molecule has 0 N–H and O–H groups in total. The summed E-state index contributed by atoms with van der Waals surface area (Å²) in [6, 6.07) is 12.0. The van der Waals surface area contributed by atoms with Crippen LogP contribution in [0.25, 0.3) is 22.2 Å². The normalized spacial score (nSPS) is 11.8. The first kappa shape index (κ1) is 22.6. The van der Waals surface area contributed by atoms with E-state index in [1.807, 2.05) is 29.8 Å². The molecule has 0 saturated carbocycles. The second kappa shape index (κ2) is 8.73. The Labute approximate surface area is 196 Å². The molecule has 2 heterocycles. The molecule has 2 aromatic heterocycles. The molecule has 0 aliphatic rings. The molecule has 2 aromatic carbocycles. The Bertz CT molecular complexity index is 1390. The molecule has 6 nitrogen and oxygen atoms in total. The van der Waals surface area contributed by atoms with Crippen LogP contribution < -0.4 is 9.47 Å². The second-order valence-corrected chi connectivity index (χ2v) is 9.94. The average molecular weight is 493 g/mol. The zero-order valence-corrected chi connectivity index (χ0v) is 20.1. The minimum atomic E-state index is -3.87. The van der Waals surface area contributed by atoms with Crippen molar-refractivity contribution in [2.45, 2.75) is 18.4 Å². The van der Waals surface area contributed by atoms with Crippen LogP contribution in [0, 0.1) is 6.92 Å². The Balaban J connectivity index is 1.99. The summed E-state index contributed by atoms with van der Waals surface area (Å²) in [5, 5.41) is 1.11. The van der Waals surface area contributed by atoms with E-state index in [0.29, 0.717) is 40.2 Å². The summed E-state index contributed by atoms with van der Waals surface area (Å²) in [6.07, 6.45) is 3.29. The molecular formula is C23H22Cl2N2O4S. The van der Waals surface area contributed by atoms with Gasteiger partial charge < -0.3 is 14.0 Å². The summed E-state index contributed by atoms with van der Waals surface area (Å²) in [4.78, 5) is 0.181. The number of hydrogen-bond acceptors (Lipinski definition) is 4. The SMILES string of the molecule is COc1cc2c(-c3cc(Cl)cn3S(=O)(=O)c3ccc(C)cc3)cn(CCCl)c2cc1OC. The molecule has 0 fully saturated rings. The lowest BCUT2D eigenvalue weighted by Gasteiger charge is -2.11. The standard InChI is InChI=1S/C23H22Cl2N2O4S/c1-15-4-6-17(7-5-15)32(28,29)27-13-16(25)10-21(27)19-14-26(9-8-24)20-12-23(31-3)22(30-2)11-18(19)20/h4-7,10-14H,8-9H2,1-3H3. The fourth-order valence-corrected chi connectivity index (χ4v) is 5.54. The van der Waals surface area contributed by atoms with Gasteiger partial charge in [0.25, 0.3) is 10.0 Å². The van der Waals surface area contributed by atoms with Crippen molar-refractivity contribution in [1.29, 1.82) is 0 Å². The van der Waals surface area contributed by atoms with Crippen LogP contribution in [0.2, 0.25) is 5.02 Å². The lowest BCUT2D eigenvalue weighted by Crippen LogP contribution is -2.13.